The lowest BCUT2D eigenvalue weighted by Crippen LogP contribution is -2.35. The molecule has 0 radical (unpaired) electrons. The van der Waals surface area contributed by atoms with E-state index in [0.717, 1.165) is 42.5 Å². The SMILES string of the molecule is COc1ccc(CNCCc2ccccn2)c2cc(C(=O)NC3CCCCC3)oc12. The highest BCUT2D eigenvalue weighted by Gasteiger charge is 2.21. The first kappa shape index (κ1) is 20.4. The van der Waals surface area contributed by atoms with E-state index in [1.807, 2.05) is 42.6 Å². The number of nitrogens with one attached hydrogen (secondary N) is 2. The quantitative estimate of drug-likeness (QED) is 0.547. The van der Waals surface area contributed by atoms with Gasteiger partial charge >= 0.3 is 0 Å². The van der Waals surface area contributed by atoms with E-state index < -0.39 is 0 Å². The summed E-state index contributed by atoms with van der Waals surface area (Å²) in [5.74, 6) is 0.836. The maximum atomic E-state index is 12.7. The number of benzene rings is 1. The third-order valence-electron chi connectivity index (χ3n) is 5.72. The van der Waals surface area contributed by atoms with Crippen LogP contribution >= 0.6 is 0 Å². The molecule has 1 fully saturated rings. The van der Waals surface area contributed by atoms with Crippen LogP contribution in [0.4, 0.5) is 0 Å². The number of nitrogens with zero attached hydrogens (tertiary/aromatic N) is 1. The highest BCUT2D eigenvalue weighted by molar-refractivity contribution is 5.98. The highest BCUT2D eigenvalue weighted by Crippen LogP contribution is 2.32. The molecule has 1 aromatic carbocycles. The minimum Gasteiger partial charge on any atom is -0.493 e. The summed E-state index contributed by atoms with van der Waals surface area (Å²) >= 11 is 0. The van der Waals surface area contributed by atoms with E-state index in [-0.39, 0.29) is 11.9 Å². The number of carbonyl (C=O) groups excluding carboxylic acids is 1. The summed E-state index contributed by atoms with van der Waals surface area (Å²) in [4.78, 5) is 17.1. The molecule has 158 valence electrons. The van der Waals surface area contributed by atoms with Gasteiger partial charge in [0.2, 0.25) is 0 Å². The molecule has 0 saturated heterocycles. The zero-order valence-electron chi connectivity index (χ0n) is 17.4. The molecule has 0 spiro atoms. The van der Waals surface area contributed by atoms with Gasteiger partial charge in [0.05, 0.1) is 7.11 Å². The molecule has 0 atom stereocenters. The van der Waals surface area contributed by atoms with E-state index >= 15 is 0 Å². The highest BCUT2D eigenvalue weighted by atomic mass is 16.5. The van der Waals surface area contributed by atoms with Gasteiger partial charge in [-0.3, -0.25) is 9.78 Å². The third-order valence-corrected chi connectivity index (χ3v) is 5.72. The molecule has 1 saturated carbocycles. The van der Waals surface area contributed by atoms with Gasteiger partial charge in [-0.2, -0.15) is 0 Å². The van der Waals surface area contributed by atoms with E-state index in [1.165, 1.54) is 19.3 Å². The molecule has 30 heavy (non-hydrogen) atoms. The van der Waals surface area contributed by atoms with E-state index in [0.29, 0.717) is 23.6 Å². The molecule has 6 heteroatoms. The van der Waals surface area contributed by atoms with Crippen LogP contribution in [0, 0.1) is 0 Å². The number of furan rings is 1. The smallest absolute Gasteiger partial charge is 0.287 e. The van der Waals surface area contributed by atoms with Crippen LogP contribution < -0.4 is 15.4 Å². The zero-order valence-corrected chi connectivity index (χ0v) is 17.4. The number of hydrogen-bond donors (Lipinski definition) is 2. The molecule has 1 aliphatic carbocycles. The Hall–Kier alpha value is -2.86. The Bertz CT molecular complexity index is 978. The number of carbonyl (C=O) groups is 1. The van der Waals surface area contributed by atoms with Crippen molar-refractivity contribution in [3.8, 4) is 5.75 Å². The molecule has 1 amide bonds. The molecular formula is C24H29N3O3. The number of methoxy groups -OCH3 is 1. The molecule has 1 aliphatic rings. The van der Waals surface area contributed by atoms with Gasteiger partial charge in [0.1, 0.15) is 0 Å². The Balaban J connectivity index is 1.45. The van der Waals surface area contributed by atoms with Crippen molar-refractivity contribution in [1.29, 1.82) is 0 Å². The summed E-state index contributed by atoms with van der Waals surface area (Å²) in [5.41, 5.74) is 2.76. The second-order valence-corrected chi connectivity index (χ2v) is 7.84. The summed E-state index contributed by atoms with van der Waals surface area (Å²) < 4.78 is 11.4. The van der Waals surface area contributed by atoms with Gasteiger partial charge in [0, 0.05) is 42.8 Å². The number of pyridine rings is 1. The minimum atomic E-state index is -0.144. The number of hydrogen-bond acceptors (Lipinski definition) is 5. The maximum Gasteiger partial charge on any atom is 0.287 e. The van der Waals surface area contributed by atoms with Crippen molar-refractivity contribution in [2.24, 2.45) is 0 Å². The Morgan fingerprint density at radius 3 is 2.83 bits per heavy atom. The number of amides is 1. The molecule has 2 N–H and O–H groups in total. The molecule has 2 heterocycles. The van der Waals surface area contributed by atoms with Gasteiger partial charge in [-0.25, -0.2) is 0 Å². The molecular weight excluding hydrogens is 378 g/mol. The Labute approximate surface area is 177 Å². The lowest BCUT2D eigenvalue weighted by Gasteiger charge is -2.22. The van der Waals surface area contributed by atoms with Crippen molar-refractivity contribution in [2.45, 2.75) is 51.1 Å². The lowest BCUT2D eigenvalue weighted by molar-refractivity contribution is 0.0901. The zero-order chi connectivity index (χ0) is 20.8. The number of aromatic nitrogens is 1. The lowest BCUT2D eigenvalue weighted by atomic mass is 9.95. The van der Waals surface area contributed by atoms with E-state index in [9.17, 15) is 4.79 Å². The van der Waals surface area contributed by atoms with Crippen molar-refractivity contribution in [1.82, 2.24) is 15.6 Å². The normalized spacial score (nSPS) is 14.7. The number of fused-ring (bicyclic) bond motifs is 1. The van der Waals surface area contributed by atoms with E-state index in [2.05, 4.69) is 15.6 Å². The fraction of sp³-hybridized carbons (Fsp3) is 0.417. The van der Waals surface area contributed by atoms with Crippen molar-refractivity contribution in [3.05, 3.63) is 59.6 Å². The van der Waals surface area contributed by atoms with Crippen LogP contribution in [0.15, 0.2) is 47.0 Å². The van der Waals surface area contributed by atoms with Crippen LogP contribution in [0.25, 0.3) is 11.0 Å². The first-order chi connectivity index (χ1) is 14.7. The fourth-order valence-electron chi connectivity index (χ4n) is 4.07. The Kier molecular flexibility index (Phi) is 6.64. The predicted octanol–water partition coefficient (Wildman–Crippen LogP) is 4.23. The van der Waals surface area contributed by atoms with Crippen LogP contribution in [-0.4, -0.2) is 30.6 Å². The minimum absolute atomic E-state index is 0.144. The van der Waals surface area contributed by atoms with Crippen LogP contribution in [0.1, 0.15) is 53.9 Å². The summed E-state index contributed by atoms with van der Waals surface area (Å²) in [7, 11) is 1.61. The van der Waals surface area contributed by atoms with E-state index in [1.54, 1.807) is 7.11 Å². The first-order valence-corrected chi connectivity index (χ1v) is 10.8. The average molecular weight is 408 g/mol. The predicted molar refractivity (Wildman–Crippen MR) is 117 cm³/mol. The molecule has 4 rings (SSSR count). The van der Waals surface area contributed by atoms with Gasteiger partial charge < -0.3 is 19.8 Å². The summed E-state index contributed by atoms with van der Waals surface area (Å²) in [5, 5.41) is 7.50. The van der Waals surface area contributed by atoms with Gasteiger partial charge in [-0.1, -0.05) is 31.4 Å². The molecule has 0 unspecified atom stereocenters. The average Bonchev–Trinajstić information content (AvgIpc) is 3.24. The van der Waals surface area contributed by atoms with Crippen molar-refractivity contribution in [3.63, 3.8) is 0 Å². The fourth-order valence-corrected chi connectivity index (χ4v) is 4.07. The van der Waals surface area contributed by atoms with E-state index in [4.69, 9.17) is 9.15 Å². The summed E-state index contributed by atoms with van der Waals surface area (Å²) in [6.07, 6.45) is 8.36. The van der Waals surface area contributed by atoms with Crippen LogP contribution in [0.3, 0.4) is 0 Å². The molecule has 2 aromatic heterocycles. The Morgan fingerprint density at radius 1 is 1.20 bits per heavy atom. The number of ether oxygens (including phenoxy) is 1. The van der Waals surface area contributed by atoms with Crippen molar-refractivity contribution in [2.75, 3.05) is 13.7 Å². The molecule has 6 nitrogen and oxygen atoms in total. The maximum absolute atomic E-state index is 12.7. The van der Waals surface area contributed by atoms with Crippen molar-refractivity contribution >= 4 is 16.9 Å². The molecule has 3 aromatic rings. The second kappa shape index (κ2) is 9.76. The Morgan fingerprint density at radius 2 is 2.07 bits per heavy atom. The largest absolute Gasteiger partial charge is 0.493 e. The van der Waals surface area contributed by atoms with Crippen LogP contribution in [0.5, 0.6) is 5.75 Å². The van der Waals surface area contributed by atoms with Gasteiger partial charge in [0.15, 0.2) is 17.1 Å². The van der Waals surface area contributed by atoms with Gasteiger partial charge in [-0.15, -0.1) is 0 Å². The molecule has 0 bridgehead atoms. The van der Waals surface area contributed by atoms with Crippen LogP contribution in [0.2, 0.25) is 0 Å². The molecule has 0 aliphatic heterocycles. The van der Waals surface area contributed by atoms with Gasteiger partial charge in [0.25, 0.3) is 5.91 Å². The standard InChI is InChI=1S/C24H29N3O3/c1-29-21-11-10-17(16-25-14-12-18-7-5-6-13-26-18)20-15-22(30-23(20)21)24(28)27-19-8-3-2-4-9-19/h5-7,10-11,13,15,19,25H,2-4,8-9,12,14,16H2,1H3,(H,27,28). The second-order valence-electron chi connectivity index (χ2n) is 7.84. The van der Waals surface area contributed by atoms with Gasteiger partial charge in [-0.05, 0) is 42.7 Å². The van der Waals surface area contributed by atoms with Crippen LogP contribution in [-0.2, 0) is 13.0 Å². The topological polar surface area (TPSA) is 76.4 Å². The third kappa shape index (κ3) is 4.82. The summed E-state index contributed by atoms with van der Waals surface area (Å²) in [6.45, 7) is 1.49. The van der Waals surface area contributed by atoms with Crippen molar-refractivity contribution < 1.29 is 13.9 Å². The number of rotatable bonds is 8. The monoisotopic (exact) mass is 407 g/mol. The summed E-state index contributed by atoms with van der Waals surface area (Å²) in [6, 6.07) is 11.9. The first-order valence-electron chi connectivity index (χ1n) is 10.8.